The van der Waals surface area contributed by atoms with Crippen molar-refractivity contribution in [3.05, 3.63) is 89.4 Å². The van der Waals surface area contributed by atoms with Gasteiger partial charge in [-0.15, -0.1) is 0 Å². The van der Waals surface area contributed by atoms with Crippen LogP contribution in [-0.2, 0) is 14.4 Å². The van der Waals surface area contributed by atoms with Crippen molar-refractivity contribution in [2.24, 2.45) is 5.92 Å². The molecule has 3 aromatic carbocycles. The van der Waals surface area contributed by atoms with Crippen LogP contribution in [0.3, 0.4) is 0 Å². The molecule has 0 radical (unpaired) electrons. The van der Waals surface area contributed by atoms with Crippen LogP contribution in [0.15, 0.2) is 78.9 Å². The zero-order chi connectivity index (χ0) is 20.8. The van der Waals surface area contributed by atoms with Crippen molar-refractivity contribution in [1.29, 1.82) is 0 Å². The Bertz CT molecular complexity index is 1120. The van der Waals surface area contributed by atoms with E-state index in [1.165, 1.54) is 0 Å². The van der Waals surface area contributed by atoms with Crippen LogP contribution in [0.25, 0.3) is 0 Å². The van der Waals surface area contributed by atoms with Crippen molar-refractivity contribution >= 4 is 34.8 Å². The maximum atomic E-state index is 13.4. The van der Waals surface area contributed by atoms with E-state index in [0.29, 0.717) is 22.0 Å². The van der Waals surface area contributed by atoms with E-state index in [1.807, 2.05) is 30.3 Å². The summed E-state index contributed by atoms with van der Waals surface area (Å²) in [5.74, 6) is -1.58. The number of amides is 2. The maximum absolute atomic E-state index is 13.4. The molecular weight excluding hydrogens is 404 g/mol. The first-order valence-corrected chi connectivity index (χ1v) is 9.86. The molecule has 2 amide bonds. The van der Waals surface area contributed by atoms with Crippen LogP contribution in [-0.4, -0.2) is 23.0 Å². The standard InChI is InChI=1S/C23H17ClN2O4/c24-14-10-12-15(13-11-14)25-22(28)19-20(17-8-4-5-9-18(17)27)26(30-21(19)23(25)29)16-6-2-1-3-7-16/h1-13,19-21,27H/t19-,20+,21+/m1/s1. The highest BCUT2D eigenvalue weighted by molar-refractivity contribution is 6.31. The molecule has 2 saturated heterocycles. The highest BCUT2D eigenvalue weighted by atomic mass is 35.5. The molecule has 3 atom stereocenters. The Morgan fingerprint density at radius 1 is 0.800 bits per heavy atom. The molecular formula is C23H17ClN2O4. The van der Waals surface area contributed by atoms with Gasteiger partial charge in [0.05, 0.1) is 17.4 Å². The van der Waals surface area contributed by atoms with Gasteiger partial charge in [0.2, 0.25) is 5.91 Å². The molecule has 2 heterocycles. The van der Waals surface area contributed by atoms with Crippen LogP contribution in [0.2, 0.25) is 5.02 Å². The van der Waals surface area contributed by atoms with Crippen molar-refractivity contribution in [2.75, 3.05) is 9.96 Å². The van der Waals surface area contributed by atoms with E-state index in [9.17, 15) is 14.7 Å². The summed E-state index contributed by atoms with van der Waals surface area (Å²) in [5, 5.41) is 12.6. The first-order valence-electron chi connectivity index (χ1n) is 9.48. The second kappa shape index (κ2) is 7.16. The molecule has 3 aromatic rings. The van der Waals surface area contributed by atoms with Gasteiger partial charge >= 0.3 is 0 Å². The Balaban J connectivity index is 1.60. The molecule has 2 aliphatic rings. The lowest BCUT2D eigenvalue weighted by atomic mass is 9.90. The number of hydroxylamine groups is 1. The third kappa shape index (κ3) is 2.84. The van der Waals surface area contributed by atoms with E-state index in [-0.39, 0.29) is 11.7 Å². The van der Waals surface area contributed by atoms with Crippen molar-refractivity contribution in [1.82, 2.24) is 0 Å². The zero-order valence-electron chi connectivity index (χ0n) is 15.7. The summed E-state index contributed by atoms with van der Waals surface area (Å²) in [4.78, 5) is 33.8. The van der Waals surface area contributed by atoms with E-state index in [1.54, 1.807) is 53.6 Å². The van der Waals surface area contributed by atoms with Gasteiger partial charge in [-0.3, -0.25) is 14.4 Å². The van der Waals surface area contributed by atoms with Crippen LogP contribution in [0, 0.1) is 5.92 Å². The van der Waals surface area contributed by atoms with Gasteiger partial charge in [-0.05, 0) is 42.5 Å². The second-order valence-corrected chi connectivity index (χ2v) is 7.64. The molecule has 2 fully saturated rings. The molecule has 0 bridgehead atoms. The number of fused-ring (bicyclic) bond motifs is 1. The summed E-state index contributed by atoms with van der Waals surface area (Å²) in [7, 11) is 0. The quantitative estimate of drug-likeness (QED) is 0.646. The highest BCUT2D eigenvalue weighted by Gasteiger charge is 2.60. The SMILES string of the molecule is O=C1[C@H]2[C@H](ON(c3ccccc3)[C@H]2c2ccccc2O)C(=O)N1c1ccc(Cl)cc1. The van der Waals surface area contributed by atoms with Crippen molar-refractivity contribution in [3.8, 4) is 5.75 Å². The number of imide groups is 1. The topological polar surface area (TPSA) is 70.1 Å². The molecule has 0 aromatic heterocycles. The predicted octanol–water partition coefficient (Wildman–Crippen LogP) is 4.10. The number of rotatable bonds is 3. The summed E-state index contributed by atoms with van der Waals surface area (Å²) >= 11 is 5.95. The van der Waals surface area contributed by atoms with Gasteiger partial charge in [0.25, 0.3) is 5.91 Å². The fourth-order valence-corrected chi connectivity index (χ4v) is 4.24. The van der Waals surface area contributed by atoms with Crippen LogP contribution in [0.1, 0.15) is 11.6 Å². The van der Waals surface area contributed by atoms with Crippen molar-refractivity contribution in [2.45, 2.75) is 12.1 Å². The Hall–Kier alpha value is -3.35. The van der Waals surface area contributed by atoms with Gasteiger partial charge in [0, 0.05) is 10.6 Å². The van der Waals surface area contributed by atoms with Crippen molar-refractivity contribution < 1.29 is 19.5 Å². The predicted molar refractivity (Wildman–Crippen MR) is 112 cm³/mol. The van der Waals surface area contributed by atoms with Gasteiger partial charge in [-0.1, -0.05) is 48.0 Å². The molecule has 0 saturated carbocycles. The maximum Gasteiger partial charge on any atom is 0.266 e. The molecule has 0 spiro atoms. The minimum absolute atomic E-state index is 0.0397. The number of nitrogens with zero attached hydrogens (tertiary/aromatic N) is 2. The summed E-state index contributed by atoms with van der Waals surface area (Å²) < 4.78 is 0. The number of carbonyl (C=O) groups excluding carboxylic acids is 2. The second-order valence-electron chi connectivity index (χ2n) is 7.21. The molecule has 1 N–H and O–H groups in total. The summed E-state index contributed by atoms with van der Waals surface area (Å²) in [6, 6.07) is 21.9. The Morgan fingerprint density at radius 3 is 2.17 bits per heavy atom. The average molecular weight is 421 g/mol. The number of benzene rings is 3. The van der Waals surface area contributed by atoms with E-state index in [2.05, 4.69) is 0 Å². The summed E-state index contributed by atoms with van der Waals surface area (Å²) in [5.41, 5.74) is 1.65. The number of anilines is 2. The van der Waals surface area contributed by atoms with E-state index >= 15 is 0 Å². The molecule has 6 nitrogen and oxygen atoms in total. The molecule has 7 heteroatoms. The van der Waals surface area contributed by atoms with Gasteiger partial charge in [0.15, 0.2) is 6.10 Å². The highest BCUT2D eigenvalue weighted by Crippen LogP contribution is 2.49. The smallest absolute Gasteiger partial charge is 0.266 e. The van der Waals surface area contributed by atoms with E-state index < -0.39 is 24.0 Å². The number of phenolic OH excluding ortho intramolecular Hbond substituents is 1. The number of para-hydroxylation sites is 2. The fourth-order valence-electron chi connectivity index (χ4n) is 4.11. The molecule has 0 aliphatic carbocycles. The number of hydrogen-bond acceptors (Lipinski definition) is 5. The number of phenols is 1. The van der Waals surface area contributed by atoms with E-state index in [0.717, 1.165) is 4.90 Å². The average Bonchev–Trinajstić information content (AvgIpc) is 3.26. The minimum atomic E-state index is -0.988. The Morgan fingerprint density at radius 2 is 1.47 bits per heavy atom. The minimum Gasteiger partial charge on any atom is -0.508 e. The van der Waals surface area contributed by atoms with Gasteiger partial charge in [-0.2, -0.15) is 0 Å². The van der Waals surface area contributed by atoms with Gasteiger partial charge in [0.1, 0.15) is 11.7 Å². The first kappa shape index (κ1) is 18.7. The van der Waals surface area contributed by atoms with Crippen LogP contribution >= 0.6 is 11.6 Å². The third-order valence-electron chi connectivity index (χ3n) is 5.47. The van der Waals surface area contributed by atoms with Crippen LogP contribution in [0.5, 0.6) is 5.75 Å². The Labute approximate surface area is 177 Å². The summed E-state index contributed by atoms with van der Waals surface area (Å²) in [6.07, 6.45) is -0.988. The molecule has 30 heavy (non-hydrogen) atoms. The lowest BCUT2D eigenvalue weighted by Crippen LogP contribution is -2.37. The fraction of sp³-hybridized carbons (Fsp3) is 0.130. The van der Waals surface area contributed by atoms with E-state index in [4.69, 9.17) is 16.4 Å². The number of hydrogen-bond donors (Lipinski definition) is 1. The molecule has 5 rings (SSSR count). The molecule has 2 aliphatic heterocycles. The lowest BCUT2D eigenvalue weighted by molar-refractivity contribution is -0.126. The Kier molecular flexibility index (Phi) is 4.46. The monoisotopic (exact) mass is 420 g/mol. The number of carbonyl (C=O) groups is 2. The molecule has 0 unspecified atom stereocenters. The normalized spacial score (nSPS) is 23.2. The van der Waals surface area contributed by atoms with Gasteiger partial charge < -0.3 is 5.11 Å². The first-order chi connectivity index (χ1) is 14.6. The molecule has 150 valence electrons. The number of halogens is 1. The van der Waals surface area contributed by atoms with Crippen molar-refractivity contribution in [3.63, 3.8) is 0 Å². The lowest BCUT2D eigenvalue weighted by Gasteiger charge is -2.29. The zero-order valence-corrected chi connectivity index (χ0v) is 16.4. The largest absolute Gasteiger partial charge is 0.508 e. The third-order valence-corrected chi connectivity index (χ3v) is 5.72. The summed E-state index contributed by atoms with van der Waals surface area (Å²) in [6.45, 7) is 0. The van der Waals surface area contributed by atoms with Crippen LogP contribution in [0.4, 0.5) is 11.4 Å². The van der Waals surface area contributed by atoms with Gasteiger partial charge in [-0.25, -0.2) is 9.96 Å². The number of aromatic hydroxyl groups is 1. The van der Waals surface area contributed by atoms with Crippen LogP contribution < -0.4 is 9.96 Å².